The second kappa shape index (κ2) is 10.6. The summed E-state index contributed by atoms with van der Waals surface area (Å²) in [6.07, 6.45) is 3.90. The molecule has 0 bridgehead atoms. The van der Waals surface area contributed by atoms with E-state index in [1.165, 1.54) is 11.1 Å². The SMILES string of the molecule is CC(=O)N1CCC(Nc2cccc(C(=O)N3CCC(O)(CN4CCc5ccccc5C4)CC3)n2)CC1. The number of hydrogen-bond donors (Lipinski definition) is 2. The number of anilines is 1. The van der Waals surface area contributed by atoms with Crippen LogP contribution in [0, 0.1) is 0 Å². The summed E-state index contributed by atoms with van der Waals surface area (Å²) in [5.41, 5.74) is 2.42. The average molecular weight is 492 g/mol. The Morgan fingerprint density at radius 1 is 0.972 bits per heavy atom. The van der Waals surface area contributed by atoms with Gasteiger partial charge in [0, 0.05) is 58.8 Å². The van der Waals surface area contributed by atoms with E-state index in [1.807, 2.05) is 21.9 Å². The summed E-state index contributed by atoms with van der Waals surface area (Å²) in [7, 11) is 0. The first-order valence-electron chi connectivity index (χ1n) is 13.2. The van der Waals surface area contributed by atoms with E-state index in [0.29, 0.717) is 44.0 Å². The Balaban J connectivity index is 1.13. The number of rotatable bonds is 5. The summed E-state index contributed by atoms with van der Waals surface area (Å²) in [5.74, 6) is 0.730. The van der Waals surface area contributed by atoms with E-state index in [1.54, 1.807) is 13.0 Å². The van der Waals surface area contributed by atoms with Crippen LogP contribution in [0.2, 0.25) is 0 Å². The van der Waals surface area contributed by atoms with Crippen LogP contribution in [0.3, 0.4) is 0 Å². The maximum absolute atomic E-state index is 13.2. The molecule has 8 heteroatoms. The van der Waals surface area contributed by atoms with Gasteiger partial charge in [-0.2, -0.15) is 0 Å². The number of likely N-dealkylation sites (tertiary alicyclic amines) is 2. The number of piperidine rings is 2. The van der Waals surface area contributed by atoms with Gasteiger partial charge in [0.05, 0.1) is 5.60 Å². The Bertz CT molecular complexity index is 1090. The third kappa shape index (κ3) is 5.71. The first-order valence-corrected chi connectivity index (χ1v) is 13.2. The van der Waals surface area contributed by atoms with E-state index in [4.69, 9.17) is 0 Å². The van der Waals surface area contributed by atoms with Crippen molar-refractivity contribution in [3.63, 3.8) is 0 Å². The van der Waals surface area contributed by atoms with E-state index in [2.05, 4.69) is 39.5 Å². The number of hydrogen-bond acceptors (Lipinski definition) is 6. The number of fused-ring (bicyclic) bond motifs is 1. The van der Waals surface area contributed by atoms with Crippen molar-refractivity contribution in [3.8, 4) is 0 Å². The second-order valence-corrected chi connectivity index (χ2v) is 10.6. The third-order valence-electron chi connectivity index (χ3n) is 7.97. The minimum absolute atomic E-state index is 0.0843. The molecule has 1 aromatic heterocycles. The van der Waals surface area contributed by atoms with E-state index in [9.17, 15) is 14.7 Å². The molecule has 2 aromatic rings. The highest BCUT2D eigenvalue weighted by atomic mass is 16.3. The molecule has 3 aliphatic heterocycles. The van der Waals surface area contributed by atoms with Gasteiger partial charge < -0.3 is 20.2 Å². The van der Waals surface area contributed by atoms with Gasteiger partial charge in [0.15, 0.2) is 0 Å². The Kier molecular flexibility index (Phi) is 7.25. The van der Waals surface area contributed by atoms with Crippen molar-refractivity contribution in [1.29, 1.82) is 0 Å². The van der Waals surface area contributed by atoms with Crippen LogP contribution in [0.4, 0.5) is 5.82 Å². The zero-order chi connectivity index (χ0) is 25.1. The largest absolute Gasteiger partial charge is 0.388 e. The fraction of sp³-hybridized carbons (Fsp3) is 0.536. The van der Waals surface area contributed by atoms with Crippen LogP contribution in [-0.4, -0.2) is 87.5 Å². The minimum Gasteiger partial charge on any atom is -0.388 e. The summed E-state index contributed by atoms with van der Waals surface area (Å²) in [5, 5.41) is 14.7. The summed E-state index contributed by atoms with van der Waals surface area (Å²) < 4.78 is 0. The normalized spacial score (nSPS) is 20.6. The predicted octanol–water partition coefficient (Wildman–Crippen LogP) is 2.53. The number of carbonyl (C=O) groups is 2. The molecule has 2 saturated heterocycles. The van der Waals surface area contributed by atoms with Crippen LogP contribution in [0.1, 0.15) is 54.2 Å². The van der Waals surface area contributed by atoms with Gasteiger partial charge in [-0.1, -0.05) is 30.3 Å². The fourth-order valence-corrected chi connectivity index (χ4v) is 5.73. The van der Waals surface area contributed by atoms with E-state index >= 15 is 0 Å². The molecule has 4 heterocycles. The lowest BCUT2D eigenvalue weighted by Gasteiger charge is -2.42. The lowest BCUT2D eigenvalue weighted by atomic mass is 9.89. The van der Waals surface area contributed by atoms with E-state index < -0.39 is 5.60 Å². The molecule has 8 nitrogen and oxygen atoms in total. The minimum atomic E-state index is -0.769. The number of aliphatic hydroxyl groups is 1. The summed E-state index contributed by atoms with van der Waals surface area (Å²) >= 11 is 0. The molecule has 0 radical (unpaired) electrons. The summed E-state index contributed by atoms with van der Waals surface area (Å²) in [6, 6.07) is 14.3. The van der Waals surface area contributed by atoms with Crippen molar-refractivity contribution in [1.82, 2.24) is 19.7 Å². The summed E-state index contributed by atoms with van der Waals surface area (Å²) in [6.45, 7) is 6.63. The molecule has 1 aromatic carbocycles. The standard InChI is InChI=1S/C28H37N5O3/c1-21(34)32-15-10-24(11-16-32)29-26-8-4-7-25(30-26)27(35)33-17-12-28(36,13-18-33)20-31-14-9-22-5-2-3-6-23(22)19-31/h2-8,24,36H,9-20H2,1H3,(H,29,30). The maximum atomic E-state index is 13.2. The quantitative estimate of drug-likeness (QED) is 0.668. The van der Waals surface area contributed by atoms with Crippen LogP contribution in [-0.2, 0) is 17.8 Å². The van der Waals surface area contributed by atoms with Crippen molar-refractivity contribution < 1.29 is 14.7 Å². The van der Waals surface area contributed by atoms with Gasteiger partial charge in [0.2, 0.25) is 5.91 Å². The number of carbonyl (C=O) groups excluding carboxylic acids is 2. The predicted molar refractivity (Wildman–Crippen MR) is 139 cm³/mol. The van der Waals surface area contributed by atoms with Crippen molar-refractivity contribution in [2.24, 2.45) is 0 Å². The molecular weight excluding hydrogens is 454 g/mol. The zero-order valence-corrected chi connectivity index (χ0v) is 21.2. The second-order valence-electron chi connectivity index (χ2n) is 10.6. The van der Waals surface area contributed by atoms with Crippen molar-refractivity contribution in [3.05, 3.63) is 59.3 Å². The number of benzene rings is 1. The molecular formula is C28H37N5O3. The molecule has 2 N–H and O–H groups in total. The molecule has 0 spiro atoms. The lowest BCUT2D eigenvalue weighted by molar-refractivity contribution is -0.129. The van der Waals surface area contributed by atoms with E-state index in [0.717, 1.165) is 45.4 Å². The maximum Gasteiger partial charge on any atom is 0.272 e. The summed E-state index contributed by atoms with van der Waals surface area (Å²) in [4.78, 5) is 35.4. The molecule has 0 unspecified atom stereocenters. The highest BCUT2D eigenvalue weighted by Gasteiger charge is 2.36. The molecule has 0 aliphatic carbocycles. The van der Waals surface area contributed by atoms with Gasteiger partial charge in [0.25, 0.3) is 5.91 Å². The Morgan fingerprint density at radius 2 is 1.69 bits per heavy atom. The third-order valence-corrected chi connectivity index (χ3v) is 7.97. The molecule has 36 heavy (non-hydrogen) atoms. The van der Waals surface area contributed by atoms with Gasteiger partial charge in [0.1, 0.15) is 11.5 Å². The smallest absolute Gasteiger partial charge is 0.272 e. The number of β-amino-alcohol motifs (C(OH)–C–C–N with tert-alkyl or cyclic N) is 1. The van der Waals surface area contributed by atoms with Gasteiger partial charge in [-0.15, -0.1) is 0 Å². The van der Waals surface area contributed by atoms with Crippen LogP contribution < -0.4 is 5.32 Å². The first kappa shape index (κ1) is 24.7. The highest BCUT2D eigenvalue weighted by molar-refractivity contribution is 5.92. The van der Waals surface area contributed by atoms with Gasteiger partial charge in [-0.05, 0) is 55.4 Å². The monoisotopic (exact) mass is 491 g/mol. The molecule has 5 rings (SSSR count). The fourth-order valence-electron chi connectivity index (χ4n) is 5.73. The van der Waals surface area contributed by atoms with Crippen LogP contribution >= 0.6 is 0 Å². The molecule has 2 amide bonds. The van der Waals surface area contributed by atoms with Gasteiger partial charge >= 0.3 is 0 Å². The Labute approximate surface area is 213 Å². The van der Waals surface area contributed by atoms with Crippen LogP contribution in [0.5, 0.6) is 0 Å². The molecule has 0 atom stereocenters. The lowest BCUT2D eigenvalue weighted by Crippen LogP contribution is -2.52. The van der Waals surface area contributed by atoms with Crippen molar-refractivity contribution >= 4 is 17.6 Å². The number of nitrogens with one attached hydrogen (secondary N) is 1. The number of amides is 2. The number of nitrogens with zero attached hydrogens (tertiary/aromatic N) is 4. The topological polar surface area (TPSA) is 89.0 Å². The molecule has 3 aliphatic rings. The Morgan fingerprint density at radius 3 is 2.42 bits per heavy atom. The van der Waals surface area contributed by atoms with Crippen molar-refractivity contribution in [2.75, 3.05) is 44.6 Å². The van der Waals surface area contributed by atoms with Crippen molar-refractivity contribution in [2.45, 2.75) is 57.2 Å². The Hall–Kier alpha value is -2.97. The number of pyridine rings is 1. The molecule has 192 valence electrons. The molecule has 2 fully saturated rings. The number of aromatic nitrogens is 1. The van der Waals surface area contributed by atoms with Crippen LogP contribution in [0.25, 0.3) is 0 Å². The van der Waals surface area contributed by atoms with Gasteiger partial charge in [-0.25, -0.2) is 4.98 Å². The highest BCUT2D eigenvalue weighted by Crippen LogP contribution is 2.27. The zero-order valence-electron chi connectivity index (χ0n) is 21.2. The van der Waals surface area contributed by atoms with Crippen LogP contribution in [0.15, 0.2) is 42.5 Å². The van der Waals surface area contributed by atoms with Gasteiger partial charge in [-0.3, -0.25) is 14.5 Å². The average Bonchev–Trinajstić information content (AvgIpc) is 2.89. The van der Waals surface area contributed by atoms with E-state index in [-0.39, 0.29) is 17.9 Å². The molecule has 0 saturated carbocycles. The first-order chi connectivity index (χ1) is 17.4.